The fourth-order valence-electron chi connectivity index (χ4n) is 3.87. The second-order valence-corrected chi connectivity index (χ2v) is 11.7. The summed E-state index contributed by atoms with van der Waals surface area (Å²) in [5.74, 6) is 0. The summed E-state index contributed by atoms with van der Waals surface area (Å²) in [6, 6.07) is 19.9. The normalized spacial score (nSPS) is 20.8. The summed E-state index contributed by atoms with van der Waals surface area (Å²) in [6.45, 7) is 2.10. The number of thiophene rings is 1. The van der Waals surface area contributed by atoms with Crippen molar-refractivity contribution in [3.63, 3.8) is 0 Å². The van der Waals surface area contributed by atoms with Crippen LogP contribution < -0.4 is 21.8 Å². The van der Waals surface area contributed by atoms with Crippen LogP contribution in [0.4, 0.5) is 5.00 Å². The van der Waals surface area contributed by atoms with E-state index in [0.29, 0.717) is 10.0 Å². The Morgan fingerprint density at radius 2 is 1.75 bits per heavy atom. The molecule has 0 spiro atoms. The number of rotatable bonds is 2. The molecule has 1 atom stereocenters. The third kappa shape index (κ3) is 2.44. The first-order valence-corrected chi connectivity index (χ1v) is 12.2. The van der Waals surface area contributed by atoms with Gasteiger partial charge in [0.15, 0.2) is 7.14 Å². The number of hydrogen-bond acceptors (Lipinski definition) is 4. The Morgan fingerprint density at radius 3 is 2.50 bits per heavy atom. The van der Waals surface area contributed by atoms with Gasteiger partial charge >= 0.3 is 0 Å². The van der Waals surface area contributed by atoms with Crippen LogP contribution in [-0.2, 0) is 4.57 Å². The molecule has 3 heterocycles. The fraction of sp³-hybridized carbons (Fsp3) is 0.0455. The molecule has 3 aromatic rings. The largest absolute Gasteiger partial charge is 0.391 e. The van der Waals surface area contributed by atoms with E-state index >= 15 is 0 Å². The van der Waals surface area contributed by atoms with Crippen LogP contribution in [0.5, 0.6) is 0 Å². The van der Waals surface area contributed by atoms with Crippen molar-refractivity contribution in [2.45, 2.75) is 6.92 Å². The van der Waals surface area contributed by atoms with Crippen molar-refractivity contribution < 1.29 is 9.97 Å². The van der Waals surface area contributed by atoms with E-state index in [4.69, 9.17) is 11.1 Å². The summed E-state index contributed by atoms with van der Waals surface area (Å²) in [6.07, 6.45) is 1.89. The highest BCUT2D eigenvalue weighted by Gasteiger charge is 2.46. The quantitative estimate of drug-likeness (QED) is 0.622. The molecule has 0 amide bonds. The summed E-state index contributed by atoms with van der Waals surface area (Å²) >= 11 is 3.01. The van der Waals surface area contributed by atoms with Crippen molar-refractivity contribution in [2.24, 2.45) is 0 Å². The number of nitrogen functional groups attached to an aromatic ring is 1. The van der Waals surface area contributed by atoms with E-state index in [1.54, 1.807) is 0 Å². The van der Waals surface area contributed by atoms with E-state index in [2.05, 4.69) is 19.1 Å². The number of benzene rings is 2. The molecule has 1 aromatic heterocycles. The lowest BCUT2D eigenvalue weighted by molar-refractivity contribution is -0.106. The standard InChI is InChI=1S/C22H17N2OPS2/c1-13-7-5-6-10-15(13)20-21-16(11-18(23)27-21)26(25,14-8-3-2-4-9-14)17-12-19(24)28-22(17)20/h2-12,23H,24H2,1H3/p+1. The number of thioether (sulfide) groups is 1. The van der Waals surface area contributed by atoms with Crippen molar-refractivity contribution in [1.29, 1.82) is 0 Å². The van der Waals surface area contributed by atoms with Gasteiger partial charge in [-0.3, -0.25) is 0 Å². The van der Waals surface area contributed by atoms with Gasteiger partial charge in [0.05, 0.1) is 5.00 Å². The summed E-state index contributed by atoms with van der Waals surface area (Å²) in [4.78, 5) is 1.99. The van der Waals surface area contributed by atoms with Crippen molar-refractivity contribution in [2.75, 3.05) is 5.73 Å². The molecule has 28 heavy (non-hydrogen) atoms. The minimum Gasteiger partial charge on any atom is -0.391 e. The van der Waals surface area contributed by atoms with Crippen LogP contribution in [0, 0.1) is 6.92 Å². The van der Waals surface area contributed by atoms with Crippen LogP contribution in [-0.4, -0.2) is 5.04 Å². The zero-order valence-corrected chi connectivity index (χ0v) is 17.7. The average molecular weight is 422 g/mol. The first-order valence-electron chi connectivity index (χ1n) is 8.89. The first-order chi connectivity index (χ1) is 13.5. The predicted octanol–water partition coefficient (Wildman–Crippen LogP) is 3.51. The van der Waals surface area contributed by atoms with Gasteiger partial charge in [-0.15, -0.1) is 11.3 Å². The Bertz CT molecular complexity index is 1250. The monoisotopic (exact) mass is 421 g/mol. The third-order valence-electron chi connectivity index (χ3n) is 5.13. The predicted molar refractivity (Wildman–Crippen MR) is 122 cm³/mol. The van der Waals surface area contributed by atoms with Crippen LogP contribution >= 0.6 is 30.2 Å². The Labute approximate surface area is 171 Å². The van der Waals surface area contributed by atoms with Gasteiger partial charge in [0, 0.05) is 37.4 Å². The molecule has 6 heteroatoms. The maximum Gasteiger partial charge on any atom is 0.237 e. The fourth-order valence-corrected chi connectivity index (χ4v) is 9.78. The Morgan fingerprint density at radius 1 is 1.04 bits per heavy atom. The second-order valence-electron chi connectivity index (χ2n) is 6.86. The molecule has 2 aliphatic rings. The van der Waals surface area contributed by atoms with Gasteiger partial charge in [-0.2, -0.15) is 0 Å². The Hall–Kier alpha value is -2.33. The number of fused-ring (bicyclic) bond motifs is 2. The molecule has 1 unspecified atom stereocenters. The number of anilines is 1. The van der Waals surface area contributed by atoms with E-state index in [1.807, 2.05) is 54.6 Å². The molecule has 138 valence electrons. The minimum atomic E-state index is -3.04. The summed E-state index contributed by atoms with van der Waals surface area (Å²) in [7, 11) is -3.04. The molecule has 0 aliphatic carbocycles. The minimum absolute atomic E-state index is 0.676. The van der Waals surface area contributed by atoms with E-state index in [-0.39, 0.29) is 0 Å². The molecule has 4 N–H and O–H groups in total. The van der Waals surface area contributed by atoms with Gasteiger partial charge in [-0.05, 0) is 35.9 Å². The maximum atomic E-state index is 14.7. The van der Waals surface area contributed by atoms with Crippen LogP contribution in [0.25, 0.3) is 5.57 Å². The van der Waals surface area contributed by atoms with Crippen molar-refractivity contribution in [3.8, 4) is 0 Å². The van der Waals surface area contributed by atoms with Crippen LogP contribution in [0.2, 0.25) is 0 Å². The molecule has 2 aliphatic heterocycles. The number of allylic oxidation sites excluding steroid dienone is 1. The lowest BCUT2D eigenvalue weighted by Crippen LogP contribution is -2.34. The van der Waals surface area contributed by atoms with E-state index in [0.717, 1.165) is 36.8 Å². The Kier molecular flexibility index (Phi) is 4.02. The summed E-state index contributed by atoms with van der Waals surface area (Å²) in [5.41, 5.74) is 9.63. The van der Waals surface area contributed by atoms with Gasteiger partial charge in [0.2, 0.25) is 5.04 Å². The molecule has 2 aromatic carbocycles. The highest BCUT2D eigenvalue weighted by molar-refractivity contribution is 8.19. The molecule has 0 saturated carbocycles. The summed E-state index contributed by atoms with van der Waals surface area (Å²) in [5, 5.41) is 10.0. The smallest absolute Gasteiger partial charge is 0.237 e. The van der Waals surface area contributed by atoms with Crippen molar-refractivity contribution >= 4 is 56.5 Å². The summed E-state index contributed by atoms with van der Waals surface area (Å²) < 4.78 is 14.7. The lowest BCUT2D eigenvalue weighted by Gasteiger charge is -2.28. The molecule has 5 rings (SSSR count). The van der Waals surface area contributed by atoms with Crippen molar-refractivity contribution in [3.05, 3.63) is 93.0 Å². The molecule has 0 radical (unpaired) electrons. The van der Waals surface area contributed by atoms with Gasteiger partial charge in [-0.1, -0.05) is 54.6 Å². The molecule has 3 nitrogen and oxygen atoms in total. The van der Waals surface area contributed by atoms with Gasteiger partial charge in [-0.25, -0.2) is 5.41 Å². The van der Waals surface area contributed by atoms with E-state index < -0.39 is 7.14 Å². The highest BCUT2D eigenvalue weighted by atomic mass is 32.2. The molecule has 0 bridgehead atoms. The SMILES string of the molecule is Cc1ccccc1C1=C2SC(=[NH2+])C=C2P(=O)(c2ccccc2)c2cc(N)sc21. The molecular formula is C22H18N2OPS2+. The second kappa shape index (κ2) is 6.35. The van der Waals surface area contributed by atoms with Crippen molar-refractivity contribution in [1.82, 2.24) is 0 Å². The third-order valence-corrected chi connectivity index (χ3v) is 10.5. The lowest BCUT2D eigenvalue weighted by atomic mass is 9.98. The zero-order chi connectivity index (χ0) is 19.5. The molecular weight excluding hydrogens is 403 g/mol. The molecule has 0 saturated heterocycles. The maximum absolute atomic E-state index is 14.7. The van der Waals surface area contributed by atoms with E-state index in [1.165, 1.54) is 28.7 Å². The van der Waals surface area contributed by atoms with Gasteiger partial charge < -0.3 is 10.3 Å². The van der Waals surface area contributed by atoms with Crippen LogP contribution in [0.1, 0.15) is 16.0 Å². The van der Waals surface area contributed by atoms with Gasteiger partial charge in [0.1, 0.15) is 0 Å². The van der Waals surface area contributed by atoms with E-state index in [9.17, 15) is 4.57 Å². The number of aryl methyl sites for hydroxylation is 1. The van der Waals surface area contributed by atoms with Crippen LogP contribution in [0.3, 0.4) is 0 Å². The zero-order valence-electron chi connectivity index (χ0n) is 15.2. The van der Waals surface area contributed by atoms with Gasteiger partial charge in [0.25, 0.3) is 0 Å². The number of nitrogens with two attached hydrogens (primary N) is 2. The van der Waals surface area contributed by atoms with Crippen LogP contribution in [0.15, 0.2) is 77.0 Å². The first kappa shape index (κ1) is 17.7. The average Bonchev–Trinajstić information content (AvgIpc) is 3.27. The molecule has 0 fully saturated rings. The Balaban J connectivity index is 1.90. The number of hydrogen-bond donors (Lipinski definition) is 2. The topological polar surface area (TPSA) is 68.7 Å². The highest BCUT2D eigenvalue weighted by Crippen LogP contribution is 2.66.